The number of phosphoric ester groups is 1. The molecule has 9 heteroatoms. The SMILES string of the molecule is CC/C=C\C/C=C\C/C=C\C/C=C\C/C=C\CCCCCC(=O)O[C@H](COC(=O)CCCCC/C=C\C/C=C\C/C=C\C/C=C\CCCCC)COP(=O)(O)O. The lowest BCUT2D eigenvalue weighted by Gasteiger charge is -2.18. The fourth-order valence-corrected chi connectivity index (χ4v) is 5.51. The minimum absolute atomic E-state index is 0.158. The number of carbonyl (C=O) groups excluding carboxylic acids is 2. The zero-order valence-electron chi connectivity index (χ0n) is 34.7. The summed E-state index contributed by atoms with van der Waals surface area (Å²) in [6.07, 6.45) is 58.0. The molecule has 0 bridgehead atoms. The van der Waals surface area contributed by atoms with E-state index in [0.29, 0.717) is 12.8 Å². The van der Waals surface area contributed by atoms with Crippen molar-refractivity contribution < 1.29 is 37.9 Å². The fourth-order valence-electron chi connectivity index (χ4n) is 5.15. The largest absolute Gasteiger partial charge is 0.469 e. The third-order valence-corrected chi connectivity index (χ3v) is 8.76. The van der Waals surface area contributed by atoms with Crippen LogP contribution in [0.1, 0.15) is 155 Å². The van der Waals surface area contributed by atoms with E-state index in [1.165, 1.54) is 25.7 Å². The van der Waals surface area contributed by atoms with Gasteiger partial charge in [0.25, 0.3) is 0 Å². The summed E-state index contributed by atoms with van der Waals surface area (Å²) in [5.74, 6) is -0.970. The second-order valence-corrected chi connectivity index (χ2v) is 14.8. The van der Waals surface area contributed by atoms with Crippen LogP contribution in [0.15, 0.2) is 109 Å². The van der Waals surface area contributed by atoms with E-state index in [2.05, 4.69) is 128 Å². The minimum atomic E-state index is -4.78. The van der Waals surface area contributed by atoms with Crippen LogP contribution >= 0.6 is 7.82 Å². The van der Waals surface area contributed by atoms with Crippen molar-refractivity contribution in [3.05, 3.63) is 109 Å². The molecule has 0 aromatic heterocycles. The molecule has 0 aliphatic carbocycles. The Hall–Kier alpha value is -3.29. The van der Waals surface area contributed by atoms with E-state index in [1.54, 1.807) is 0 Å². The van der Waals surface area contributed by atoms with Gasteiger partial charge in [0.15, 0.2) is 6.10 Å². The van der Waals surface area contributed by atoms with Crippen LogP contribution < -0.4 is 0 Å². The lowest BCUT2D eigenvalue weighted by Crippen LogP contribution is -2.29. The summed E-state index contributed by atoms with van der Waals surface area (Å²) < 4.78 is 26.3. The summed E-state index contributed by atoms with van der Waals surface area (Å²) in [5, 5.41) is 0. The molecular formula is C47H75O8P. The third-order valence-electron chi connectivity index (χ3n) is 8.28. The molecule has 0 aromatic rings. The predicted molar refractivity (Wildman–Crippen MR) is 234 cm³/mol. The summed E-state index contributed by atoms with van der Waals surface area (Å²) >= 11 is 0. The Labute approximate surface area is 340 Å². The Kier molecular flexibility index (Phi) is 38.9. The molecule has 0 heterocycles. The molecule has 0 amide bonds. The number of allylic oxidation sites excluding steroid dienone is 18. The van der Waals surface area contributed by atoms with Gasteiger partial charge in [-0.25, -0.2) is 4.57 Å². The fraction of sp³-hybridized carbons (Fsp3) is 0.574. The number of hydrogen-bond donors (Lipinski definition) is 2. The molecular weight excluding hydrogens is 723 g/mol. The molecule has 0 radical (unpaired) electrons. The van der Waals surface area contributed by atoms with Crippen LogP contribution in [0, 0.1) is 0 Å². The highest BCUT2D eigenvalue weighted by Gasteiger charge is 2.22. The molecule has 1 atom stereocenters. The smallest absolute Gasteiger partial charge is 0.462 e. The van der Waals surface area contributed by atoms with E-state index in [0.717, 1.165) is 89.9 Å². The van der Waals surface area contributed by atoms with Crippen LogP contribution in [0.4, 0.5) is 0 Å². The first kappa shape index (κ1) is 52.7. The summed E-state index contributed by atoms with van der Waals surface area (Å²) in [7, 11) is -4.78. The standard InChI is InChI=1S/C47H75O8P/c1-3-5-7-9-11-13-15-17-19-21-23-25-27-29-31-33-35-37-39-41-46(48)53-43-45(44-54-56(50,51)52)55-47(49)42-40-38-36-34-32-30-28-26-24-22-20-18-16-14-12-10-8-6-4-2/h6,8,11-14,17-20,23-26,29-32,45H,3-5,7,9-10,15-16,21-22,27-28,33-44H2,1-2H3,(H2,50,51,52)/b8-6-,13-11-,14-12-,19-17-,20-18-,25-23-,26-24-,31-29-,32-30-/t45-/m1/s1. The Morgan fingerprint density at radius 1 is 0.482 bits per heavy atom. The molecule has 56 heavy (non-hydrogen) atoms. The van der Waals surface area contributed by atoms with Crippen LogP contribution in [0.25, 0.3) is 0 Å². The van der Waals surface area contributed by atoms with Gasteiger partial charge in [-0.3, -0.25) is 14.1 Å². The number of ether oxygens (including phenoxy) is 2. The van der Waals surface area contributed by atoms with Crippen LogP contribution in [-0.2, 0) is 28.2 Å². The van der Waals surface area contributed by atoms with Crippen molar-refractivity contribution in [3.8, 4) is 0 Å². The summed E-state index contributed by atoms with van der Waals surface area (Å²) in [6.45, 7) is 3.47. The van der Waals surface area contributed by atoms with E-state index >= 15 is 0 Å². The van der Waals surface area contributed by atoms with Gasteiger partial charge >= 0.3 is 19.8 Å². The van der Waals surface area contributed by atoms with Crippen LogP contribution in [0.3, 0.4) is 0 Å². The van der Waals surface area contributed by atoms with Gasteiger partial charge in [-0.15, -0.1) is 0 Å². The van der Waals surface area contributed by atoms with Gasteiger partial charge in [0.05, 0.1) is 6.61 Å². The molecule has 0 aliphatic rings. The van der Waals surface area contributed by atoms with Crippen molar-refractivity contribution in [1.82, 2.24) is 0 Å². The van der Waals surface area contributed by atoms with Gasteiger partial charge in [-0.1, -0.05) is 149 Å². The zero-order valence-corrected chi connectivity index (χ0v) is 35.6. The molecule has 0 fully saturated rings. The van der Waals surface area contributed by atoms with E-state index in [-0.39, 0.29) is 19.4 Å². The molecule has 0 rings (SSSR count). The van der Waals surface area contributed by atoms with Crippen LogP contribution in [0.2, 0.25) is 0 Å². The van der Waals surface area contributed by atoms with Crippen LogP contribution in [0.5, 0.6) is 0 Å². The van der Waals surface area contributed by atoms with Gasteiger partial charge in [0.1, 0.15) is 6.61 Å². The molecule has 0 saturated heterocycles. The third kappa shape index (κ3) is 43.4. The van der Waals surface area contributed by atoms with Crippen molar-refractivity contribution in [3.63, 3.8) is 0 Å². The number of phosphoric acid groups is 1. The van der Waals surface area contributed by atoms with E-state index in [4.69, 9.17) is 19.3 Å². The molecule has 8 nitrogen and oxygen atoms in total. The predicted octanol–water partition coefficient (Wildman–Crippen LogP) is 13.2. The van der Waals surface area contributed by atoms with Gasteiger partial charge in [-0.2, -0.15) is 0 Å². The average Bonchev–Trinajstić information content (AvgIpc) is 3.17. The number of carbonyl (C=O) groups is 2. The highest BCUT2D eigenvalue weighted by Crippen LogP contribution is 2.36. The molecule has 0 saturated carbocycles. The van der Waals surface area contributed by atoms with Crippen molar-refractivity contribution in [2.24, 2.45) is 0 Å². The summed E-state index contributed by atoms with van der Waals surface area (Å²) in [6, 6.07) is 0. The highest BCUT2D eigenvalue weighted by molar-refractivity contribution is 7.46. The Bertz CT molecular complexity index is 1260. The second kappa shape index (κ2) is 41.3. The monoisotopic (exact) mass is 799 g/mol. The van der Waals surface area contributed by atoms with Crippen molar-refractivity contribution >= 4 is 19.8 Å². The van der Waals surface area contributed by atoms with Gasteiger partial charge < -0.3 is 19.3 Å². The van der Waals surface area contributed by atoms with Crippen LogP contribution in [-0.4, -0.2) is 41.0 Å². The molecule has 316 valence electrons. The van der Waals surface area contributed by atoms with E-state index in [1.807, 2.05) is 0 Å². The first-order valence-electron chi connectivity index (χ1n) is 21.2. The number of rotatable bonds is 37. The number of unbranched alkanes of at least 4 members (excludes halogenated alkanes) is 9. The van der Waals surface area contributed by atoms with E-state index < -0.39 is 32.5 Å². The quantitative estimate of drug-likeness (QED) is 0.0276. The second-order valence-electron chi connectivity index (χ2n) is 13.6. The molecule has 0 aromatic carbocycles. The van der Waals surface area contributed by atoms with Gasteiger partial charge in [0.2, 0.25) is 0 Å². The maximum absolute atomic E-state index is 12.4. The Morgan fingerprint density at radius 2 is 0.857 bits per heavy atom. The average molecular weight is 799 g/mol. The van der Waals surface area contributed by atoms with Gasteiger partial charge in [-0.05, 0) is 103 Å². The first-order chi connectivity index (χ1) is 27.3. The van der Waals surface area contributed by atoms with Gasteiger partial charge in [0, 0.05) is 12.8 Å². The topological polar surface area (TPSA) is 119 Å². The molecule has 0 aliphatic heterocycles. The highest BCUT2D eigenvalue weighted by atomic mass is 31.2. The van der Waals surface area contributed by atoms with Crippen molar-refractivity contribution in [1.29, 1.82) is 0 Å². The number of esters is 2. The lowest BCUT2D eigenvalue weighted by atomic mass is 10.1. The van der Waals surface area contributed by atoms with Crippen molar-refractivity contribution in [2.75, 3.05) is 13.2 Å². The van der Waals surface area contributed by atoms with E-state index in [9.17, 15) is 14.2 Å². The molecule has 0 unspecified atom stereocenters. The molecule has 0 spiro atoms. The van der Waals surface area contributed by atoms with Crippen molar-refractivity contribution in [2.45, 2.75) is 161 Å². The lowest BCUT2D eigenvalue weighted by molar-refractivity contribution is -0.161. The minimum Gasteiger partial charge on any atom is -0.462 e. The number of hydrogen-bond acceptors (Lipinski definition) is 6. The summed E-state index contributed by atoms with van der Waals surface area (Å²) in [5.41, 5.74) is 0. The maximum atomic E-state index is 12.4. The summed E-state index contributed by atoms with van der Waals surface area (Å²) in [4.78, 5) is 42.9. The molecule has 2 N–H and O–H groups in total. The normalized spacial score (nSPS) is 13.6. The zero-order chi connectivity index (χ0) is 41.1. The Balaban J connectivity index is 4.09. The maximum Gasteiger partial charge on any atom is 0.469 e. The Morgan fingerprint density at radius 3 is 1.25 bits per heavy atom. The first-order valence-corrected chi connectivity index (χ1v) is 22.7.